The van der Waals surface area contributed by atoms with Crippen molar-refractivity contribution in [3.63, 3.8) is 0 Å². The van der Waals surface area contributed by atoms with Crippen LogP contribution < -0.4 is 10.1 Å². The average molecular weight is 179 g/mol. The summed E-state index contributed by atoms with van der Waals surface area (Å²) in [5, 5.41) is 3.20. The van der Waals surface area contributed by atoms with Crippen LogP contribution in [0.4, 0.5) is 0 Å². The van der Waals surface area contributed by atoms with Crippen LogP contribution >= 0.6 is 0 Å². The first kappa shape index (κ1) is 10.1. The molecule has 0 aliphatic heterocycles. The van der Waals surface area contributed by atoms with Gasteiger partial charge >= 0.3 is 0 Å². The Morgan fingerprint density at radius 1 is 1.38 bits per heavy atom. The van der Waals surface area contributed by atoms with Gasteiger partial charge in [-0.25, -0.2) is 0 Å². The smallest absolute Gasteiger partial charge is 0.124 e. The van der Waals surface area contributed by atoms with Gasteiger partial charge in [-0.2, -0.15) is 0 Å². The maximum atomic E-state index is 5.52. The maximum Gasteiger partial charge on any atom is 0.124 e. The van der Waals surface area contributed by atoms with Crippen molar-refractivity contribution in [1.82, 2.24) is 5.32 Å². The van der Waals surface area contributed by atoms with Gasteiger partial charge in [0.05, 0.1) is 6.61 Å². The Balaban J connectivity index is 2.90. The summed E-state index contributed by atoms with van der Waals surface area (Å²) < 4.78 is 5.52. The highest BCUT2D eigenvalue weighted by molar-refractivity contribution is 5.35. The predicted octanol–water partition coefficient (Wildman–Crippen LogP) is 2.37. The van der Waals surface area contributed by atoms with E-state index in [1.54, 1.807) is 0 Å². The molecule has 1 rings (SSSR count). The number of hydrogen-bond acceptors (Lipinski definition) is 2. The van der Waals surface area contributed by atoms with Crippen LogP contribution in [0.5, 0.6) is 5.75 Å². The van der Waals surface area contributed by atoms with Crippen LogP contribution in [0.1, 0.15) is 25.5 Å². The maximum absolute atomic E-state index is 5.52. The number of benzene rings is 1. The second-order valence-corrected chi connectivity index (χ2v) is 2.98. The quantitative estimate of drug-likeness (QED) is 0.766. The Morgan fingerprint density at radius 3 is 2.69 bits per heavy atom. The average Bonchev–Trinajstić information content (AvgIpc) is 2.18. The fraction of sp³-hybridized carbons (Fsp3) is 0.455. The molecule has 0 spiro atoms. The zero-order valence-corrected chi connectivity index (χ0v) is 8.50. The van der Waals surface area contributed by atoms with Gasteiger partial charge in [-0.1, -0.05) is 18.2 Å². The highest BCUT2D eigenvalue weighted by Gasteiger charge is 2.07. The summed E-state index contributed by atoms with van der Waals surface area (Å²) in [6, 6.07) is 8.46. The highest BCUT2D eigenvalue weighted by Crippen LogP contribution is 2.24. The lowest BCUT2D eigenvalue weighted by atomic mass is 10.1. The normalized spacial score (nSPS) is 12.5. The molecule has 1 unspecified atom stereocenters. The van der Waals surface area contributed by atoms with Crippen molar-refractivity contribution >= 4 is 0 Å². The minimum atomic E-state index is 0.336. The number of ether oxygens (including phenoxy) is 1. The standard InChI is InChI=1S/C11H17NO/c1-4-13-11-8-6-5-7-10(11)9(2)12-3/h5-9,12H,4H2,1-3H3. The molecule has 0 aromatic heterocycles. The van der Waals surface area contributed by atoms with Crippen molar-refractivity contribution in [2.24, 2.45) is 0 Å². The molecule has 1 atom stereocenters. The molecule has 13 heavy (non-hydrogen) atoms. The summed E-state index contributed by atoms with van der Waals surface area (Å²) >= 11 is 0. The van der Waals surface area contributed by atoms with E-state index in [9.17, 15) is 0 Å². The first-order valence-corrected chi connectivity index (χ1v) is 4.68. The van der Waals surface area contributed by atoms with E-state index in [1.165, 1.54) is 5.56 Å². The van der Waals surface area contributed by atoms with Crippen LogP contribution in [-0.2, 0) is 0 Å². The number of nitrogens with one attached hydrogen (secondary N) is 1. The second kappa shape index (κ2) is 4.87. The molecule has 0 amide bonds. The molecule has 0 heterocycles. The SMILES string of the molecule is CCOc1ccccc1C(C)NC. The van der Waals surface area contributed by atoms with Gasteiger partial charge in [0.25, 0.3) is 0 Å². The molecular formula is C11H17NO. The van der Waals surface area contributed by atoms with E-state index in [4.69, 9.17) is 4.74 Å². The molecule has 0 fully saturated rings. The van der Waals surface area contributed by atoms with Crippen molar-refractivity contribution in [1.29, 1.82) is 0 Å². The summed E-state index contributed by atoms with van der Waals surface area (Å²) in [6.07, 6.45) is 0. The Bertz CT molecular complexity index is 260. The Hall–Kier alpha value is -1.02. The van der Waals surface area contributed by atoms with E-state index in [-0.39, 0.29) is 0 Å². The van der Waals surface area contributed by atoms with E-state index in [2.05, 4.69) is 18.3 Å². The van der Waals surface area contributed by atoms with Gasteiger partial charge in [-0.3, -0.25) is 0 Å². The topological polar surface area (TPSA) is 21.3 Å². The van der Waals surface area contributed by atoms with Gasteiger partial charge in [0.15, 0.2) is 0 Å². The first-order valence-electron chi connectivity index (χ1n) is 4.68. The van der Waals surface area contributed by atoms with Crippen molar-refractivity contribution in [2.45, 2.75) is 19.9 Å². The van der Waals surface area contributed by atoms with E-state index >= 15 is 0 Å². The van der Waals surface area contributed by atoms with Crippen LogP contribution in [0.2, 0.25) is 0 Å². The summed E-state index contributed by atoms with van der Waals surface area (Å²) in [5.41, 5.74) is 1.21. The summed E-state index contributed by atoms with van der Waals surface area (Å²) in [5.74, 6) is 0.979. The van der Waals surface area contributed by atoms with Crippen molar-refractivity contribution < 1.29 is 4.74 Å². The third-order valence-electron chi connectivity index (χ3n) is 2.12. The lowest BCUT2D eigenvalue weighted by Crippen LogP contribution is -2.13. The minimum absolute atomic E-state index is 0.336. The van der Waals surface area contributed by atoms with Gasteiger partial charge in [-0.05, 0) is 27.0 Å². The summed E-state index contributed by atoms with van der Waals surface area (Å²) in [7, 11) is 1.95. The first-order chi connectivity index (χ1) is 6.29. The van der Waals surface area contributed by atoms with E-state index in [1.807, 2.05) is 32.2 Å². The number of para-hydroxylation sites is 1. The van der Waals surface area contributed by atoms with Crippen LogP contribution in [0, 0.1) is 0 Å². The fourth-order valence-corrected chi connectivity index (χ4v) is 1.28. The molecule has 0 bridgehead atoms. The molecule has 0 saturated carbocycles. The monoisotopic (exact) mass is 179 g/mol. The zero-order chi connectivity index (χ0) is 9.68. The van der Waals surface area contributed by atoms with E-state index in [0.29, 0.717) is 12.6 Å². The number of rotatable bonds is 4. The number of hydrogen-bond donors (Lipinski definition) is 1. The Morgan fingerprint density at radius 2 is 2.08 bits per heavy atom. The summed E-state index contributed by atoms with van der Waals surface area (Å²) in [4.78, 5) is 0. The van der Waals surface area contributed by atoms with Gasteiger partial charge in [-0.15, -0.1) is 0 Å². The zero-order valence-electron chi connectivity index (χ0n) is 8.50. The second-order valence-electron chi connectivity index (χ2n) is 2.98. The van der Waals surface area contributed by atoms with E-state index < -0.39 is 0 Å². The van der Waals surface area contributed by atoms with Crippen LogP contribution in [0.25, 0.3) is 0 Å². The predicted molar refractivity (Wildman–Crippen MR) is 55.1 cm³/mol. The van der Waals surface area contributed by atoms with Gasteiger partial charge in [0.1, 0.15) is 5.75 Å². The Labute approximate surface area is 79.9 Å². The van der Waals surface area contributed by atoms with E-state index in [0.717, 1.165) is 5.75 Å². The molecular weight excluding hydrogens is 162 g/mol. The van der Waals surface area contributed by atoms with Gasteiger partial charge in [0, 0.05) is 11.6 Å². The lowest BCUT2D eigenvalue weighted by molar-refractivity contribution is 0.333. The van der Waals surface area contributed by atoms with Crippen LogP contribution in [0.15, 0.2) is 24.3 Å². The molecule has 72 valence electrons. The molecule has 2 heteroatoms. The molecule has 1 N–H and O–H groups in total. The van der Waals surface area contributed by atoms with Gasteiger partial charge in [0.2, 0.25) is 0 Å². The van der Waals surface area contributed by atoms with Crippen LogP contribution in [0.3, 0.4) is 0 Å². The Kier molecular flexibility index (Phi) is 3.77. The third-order valence-corrected chi connectivity index (χ3v) is 2.12. The molecule has 2 nitrogen and oxygen atoms in total. The van der Waals surface area contributed by atoms with Crippen molar-refractivity contribution in [2.75, 3.05) is 13.7 Å². The molecule has 1 aromatic rings. The summed E-state index contributed by atoms with van der Waals surface area (Å²) in [6.45, 7) is 4.84. The molecule has 1 aromatic carbocycles. The highest BCUT2D eigenvalue weighted by atomic mass is 16.5. The van der Waals surface area contributed by atoms with Crippen molar-refractivity contribution in [3.8, 4) is 5.75 Å². The molecule has 0 radical (unpaired) electrons. The van der Waals surface area contributed by atoms with Crippen molar-refractivity contribution in [3.05, 3.63) is 29.8 Å². The van der Waals surface area contributed by atoms with Crippen LogP contribution in [-0.4, -0.2) is 13.7 Å². The van der Waals surface area contributed by atoms with Gasteiger partial charge < -0.3 is 10.1 Å². The third kappa shape index (κ3) is 2.46. The minimum Gasteiger partial charge on any atom is -0.494 e. The molecule has 0 saturated heterocycles. The largest absolute Gasteiger partial charge is 0.494 e. The molecule has 0 aliphatic rings. The molecule has 0 aliphatic carbocycles. The lowest BCUT2D eigenvalue weighted by Gasteiger charge is -2.15. The fourth-order valence-electron chi connectivity index (χ4n) is 1.28.